The van der Waals surface area contributed by atoms with Gasteiger partial charge in [0.05, 0.1) is 6.04 Å². The number of carbonyl (C=O) groups is 2. The van der Waals surface area contributed by atoms with E-state index in [0.717, 1.165) is 5.56 Å². The largest absolute Gasteiger partial charge is 0.364 e. The summed E-state index contributed by atoms with van der Waals surface area (Å²) in [5.74, 6) is -1.09. The number of carbonyl (C=O) groups excluding carboxylic acids is 2. The van der Waals surface area contributed by atoms with Crippen molar-refractivity contribution in [3.8, 4) is 0 Å². The smallest absolute Gasteiger partial charge is 0.265 e. The molecule has 30 heavy (non-hydrogen) atoms. The van der Waals surface area contributed by atoms with Gasteiger partial charge in [-0.3, -0.25) is 9.59 Å². The number of hydrogen-bond donors (Lipinski definition) is 2. The minimum absolute atomic E-state index is 0.0223. The second-order valence-corrected chi connectivity index (χ2v) is 9.81. The zero-order valence-corrected chi connectivity index (χ0v) is 18.4. The molecule has 3 rings (SSSR count). The van der Waals surface area contributed by atoms with Gasteiger partial charge >= 0.3 is 0 Å². The van der Waals surface area contributed by atoms with E-state index in [9.17, 15) is 18.0 Å². The summed E-state index contributed by atoms with van der Waals surface area (Å²) >= 11 is 6.19. The molecular formula is C20H25ClN4O4S. The fourth-order valence-corrected chi connectivity index (χ4v) is 5.50. The monoisotopic (exact) mass is 452 g/mol. The first kappa shape index (κ1) is 22.3. The van der Waals surface area contributed by atoms with Crippen LogP contribution in [-0.4, -0.2) is 42.2 Å². The summed E-state index contributed by atoms with van der Waals surface area (Å²) in [7, 11) is -2.20. The molecule has 10 heteroatoms. The summed E-state index contributed by atoms with van der Waals surface area (Å²) in [5.41, 5.74) is 6.23. The van der Waals surface area contributed by atoms with E-state index < -0.39 is 15.9 Å². The van der Waals surface area contributed by atoms with Gasteiger partial charge in [0.1, 0.15) is 10.6 Å². The van der Waals surface area contributed by atoms with Crippen LogP contribution in [0.5, 0.6) is 0 Å². The number of primary amides is 1. The Balaban J connectivity index is 1.62. The second kappa shape index (κ2) is 8.79. The molecule has 0 unspecified atom stereocenters. The maximum absolute atomic E-state index is 12.9. The minimum Gasteiger partial charge on any atom is -0.364 e. The summed E-state index contributed by atoms with van der Waals surface area (Å²) in [6, 6.07) is 8.36. The van der Waals surface area contributed by atoms with Crippen LogP contribution in [0.1, 0.15) is 41.9 Å². The van der Waals surface area contributed by atoms with Crippen LogP contribution in [0.3, 0.4) is 0 Å². The van der Waals surface area contributed by atoms with Crippen LogP contribution in [-0.2, 0) is 21.9 Å². The molecule has 0 radical (unpaired) electrons. The van der Waals surface area contributed by atoms with Gasteiger partial charge in [-0.05, 0) is 37.5 Å². The summed E-state index contributed by atoms with van der Waals surface area (Å²) in [6.07, 6.45) is 2.20. The molecule has 8 nitrogen and oxygen atoms in total. The van der Waals surface area contributed by atoms with Gasteiger partial charge in [-0.1, -0.05) is 29.8 Å². The fourth-order valence-electron chi connectivity index (χ4n) is 3.66. The molecule has 1 fully saturated rings. The lowest BCUT2D eigenvalue weighted by Crippen LogP contribution is -2.43. The Morgan fingerprint density at radius 2 is 1.87 bits per heavy atom. The molecule has 1 aliphatic rings. The fraction of sp³-hybridized carbons (Fsp3) is 0.400. The third-order valence-corrected chi connectivity index (χ3v) is 7.63. The molecule has 1 atom stereocenters. The predicted molar refractivity (Wildman–Crippen MR) is 113 cm³/mol. The number of sulfonamides is 1. The molecule has 1 aliphatic heterocycles. The van der Waals surface area contributed by atoms with E-state index in [-0.39, 0.29) is 41.5 Å². The van der Waals surface area contributed by atoms with Crippen molar-refractivity contribution >= 4 is 33.4 Å². The number of amides is 2. The van der Waals surface area contributed by atoms with E-state index in [4.69, 9.17) is 17.3 Å². The summed E-state index contributed by atoms with van der Waals surface area (Å²) in [4.78, 5) is 24.1. The third-order valence-electron chi connectivity index (χ3n) is 5.43. The lowest BCUT2D eigenvalue weighted by atomic mass is 9.96. The van der Waals surface area contributed by atoms with Crippen LogP contribution in [0.2, 0.25) is 5.02 Å². The number of halogens is 1. The number of nitrogens with two attached hydrogens (primary N) is 1. The van der Waals surface area contributed by atoms with Gasteiger partial charge in [-0.2, -0.15) is 4.31 Å². The molecule has 0 saturated carbocycles. The molecule has 0 spiro atoms. The molecule has 2 amide bonds. The van der Waals surface area contributed by atoms with Crippen molar-refractivity contribution < 1.29 is 18.0 Å². The maximum Gasteiger partial charge on any atom is 0.265 e. The quantitative estimate of drug-likeness (QED) is 0.697. The highest BCUT2D eigenvalue weighted by molar-refractivity contribution is 7.89. The van der Waals surface area contributed by atoms with E-state index >= 15 is 0 Å². The van der Waals surface area contributed by atoms with Gasteiger partial charge in [0.25, 0.3) is 5.91 Å². The number of aryl methyl sites for hydroxylation is 1. The highest BCUT2D eigenvalue weighted by Crippen LogP contribution is 2.27. The standard InChI is InChI=1S/C20H25ClN4O4S/c1-13(16-5-3-4-6-17(16)21)23-20(27)14-7-9-25(10-8-14)30(28,29)15-11-18(19(22)26)24(2)12-15/h3-6,11-14H,7-10H2,1-2H3,(H2,22,26)(H,23,27)/t13-/m0/s1. The Morgan fingerprint density at radius 3 is 2.43 bits per heavy atom. The van der Waals surface area contributed by atoms with E-state index in [0.29, 0.717) is 17.9 Å². The second-order valence-electron chi connectivity index (χ2n) is 7.47. The van der Waals surface area contributed by atoms with Crippen molar-refractivity contribution in [3.63, 3.8) is 0 Å². The number of rotatable bonds is 6. The van der Waals surface area contributed by atoms with Crippen LogP contribution in [0.15, 0.2) is 41.4 Å². The molecule has 0 aliphatic carbocycles. The van der Waals surface area contributed by atoms with Gasteiger partial charge < -0.3 is 15.6 Å². The van der Waals surface area contributed by atoms with Gasteiger partial charge in [0.2, 0.25) is 15.9 Å². The molecule has 1 aromatic heterocycles. The van der Waals surface area contributed by atoms with Crippen LogP contribution in [0, 0.1) is 5.92 Å². The predicted octanol–water partition coefficient (Wildman–Crippen LogP) is 2.06. The average Bonchev–Trinajstić information content (AvgIpc) is 3.11. The van der Waals surface area contributed by atoms with Crippen LogP contribution >= 0.6 is 11.6 Å². The Morgan fingerprint density at radius 1 is 1.23 bits per heavy atom. The van der Waals surface area contributed by atoms with Crippen molar-refractivity contribution in [1.82, 2.24) is 14.2 Å². The van der Waals surface area contributed by atoms with E-state index in [1.165, 1.54) is 21.1 Å². The Labute approximate surface area is 181 Å². The summed E-state index contributed by atoms with van der Waals surface area (Å²) in [6.45, 7) is 2.31. The van der Waals surface area contributed by atoms with Gasteiger partial charge in [-0.25, -0.2) is 8.42 Å². The highest BCUT2D eigenvalue weighted by atomic mass is 35.5. The van der Waals surface area contributed by atoms with Crippen molar-refractivity contribution in [2.24, 2.45) is 18.7 Å². The number of aromatic nitrogens is 1. The molecule has 2 heterocycles. The van der Waals surface area contributed by atoms with Gasteiger partial charge in [-0.15, -0.1) is 0 Å². The molecular weight excluding hydrogens is 428 g/mol. The van der Waals surface area contributed by atoms with E-state index in [2.05, 4.69) is 5.32 Å². The van der Waals surface area contributed by atoms with Crippen LogP contribution in [0.4, 0.5) is 0 Å². The number of benzene rings is 1. The third kappa shape index (κ3) is 4.53. The first-order chi connectivity index (χ1) is 14.1. The lowest BCUT2D eigenvalue weighted by molar-refractivity contribution is -0.126. The van der Waals surface area contributed by atoms with Gasteiger partial charge in [0, 0.05) is 37.3 Å². The van der Waals surface area contributed by atoms with E-state index in [1.54, 1.807) is 13.1 Å². The Kier molecular flexibility index (Phi) is 6.54. The number of hydrogen-bond acceptors (Lipinski definition) is 4. The van der Waals surface area contributed by atoms with Crippen molar-refractivity contribution in [1.29, 1.82) is 0 Å². The van der Waals surface area contributed by atoms with Crippen LogP contribution < -0.4 is 11.1 Å². The lowest BCUT2D eigenvalue weighted by Gasteiger charge is -2.31. The van der Waals surface area contributed by atoms with Crippen molar-refractivity contribution in [3.05, 3.63) is 52.8 Å². The van der Waals surface area contributed by atoms with Crippen LogP contribution in [0.25, 0.3) is 0 Å². The molecule has 1 saturated heterocycles. The maximum atomic E-state index is 12.9. The average molecular weight is 453 g/mol. The number of nitrogens with zero attached hydrogens (tertiary/aromatic N) is 2. The topological polar surface area (TPSA) is 114 Å². The van der Waals surface area contributed by atoms with Gasteiger partial charge in [0.15, 0.2) is 0 Å². The highest BCUT2D eigenvalue weighted by Gasteiger charge is 2.33. The summed E-state index contributed by atoms with van der Waals surface area (Å²) < 4.78 is 28.5. The molecule has 162 valence electrons. The summed E-state index contributed by atoms with van der Waals surface area (Å²) in [5, 5.41) is 3.56. The minimum atomic E-state index is -3.76. The first-order valence-electron chi connectivity index (χ1n) is 9.62. The number of piperidine rings is 1. The molecule has 3 N–H and O–H groups in total. The Bertz CT molecular complexity index is 1060. The number of nitrogens with one attached hydrogen (secondary N) is 1. The van der Waals surface area contributed by atoms with E-state index in [1.807, 2.05) is 25.1 Å². The zero-order valence-electron chi connectivity index (χ0n) is 16.8. The molecule has 0 bridgehead atoms. The van der Waals surface area contributed by atoms with Crippen molar-refractivity contribution in [2.75, 3.05) is 13.1 Å². The first-order valence-corrected chi connectivity index (χ1v) is 11.4. The van der Waals surface area contributed by atoms with Crippen molar-refractivity contribution in [2.45, 2.75) is 30.7 Å². The Hall–Kier alpha value is -2.36. The normalized spacial score (nSPS) is 16.9. The zero-order chi connectivity index (χ0) is 22.1. The molecule has 2 aromatic rings. The molecule has 1 aromatic carbocycles. The SMILES string of the molecule is C[C@H](NC(=O)C1CCN(S(=O)(=O)c2cc(C(N)=O)n(C)c2)CC1)c1ccccc1Cl.